The minimum Gasteiger partial charge on any atom is -0.481 e. The average molecular weight is 346 g/mol. The van der Waals surface area contributed by atoms with E-state index in [9.17, 15) is 0 Å². The molecule has 26 heavy (non-hydrogen) atoms. The zero-order chi connectivity index (χ0) is 17.8. The Morgan fingerprint density at radius 3 is 2.88 bits per heavy atom. The Hall–Kier alpha value is -3.88. The quantitative estimate of drug-likeness (QED) is 0.436. The Bertz CT molecular complexity index is 1060. The van der Waals surface area contributed by atoms with Gasteiger partial charge in [-0.1, -0.05) is 6.07 Å². The number of hydrogen-bond donors (Lipinski definition) is 1. The largest absolute Gasteiger partial charge is 0.481 e. The lowest BCUT2D eigenvalue weighted by Gasteiger charge is -2.04. The van der Waals surface area contributed by atoms with E-state index >= 15 is 0 Å². The van der Waals surface area contributed by atoms with Gasteiger partial charge in [0.2, 0.25) is 5.88 Å². The monoisotopic (exact) mass is 346 g/mol. The molecule has 0 radical (unpaired) electrons. The number of nitrogens with one attached hydrogen (secondary N) is 1. The van der Waals surface area contributed by atoms with Gasteiger partial charge in [-0.2, -0.15) is 19.9 Å². The van der Waals surface area contributed by atoms with E-state index in [2.05, 4.69) is 35.6 Å². The number of rotatable bonds is 5. The number of fused-ring (bicyclic) bond motifs is 1. The van der Waals surface area contributed by atoms with Gasteiger partial charge in [-0.25, -0.2) is 9.97 Å². The first-order valence-electron chi connectivity index (χ1n) is 7.74. The summed E-state index contributed by atoms with van der Waals surface area (Å²) in [6.45, 7) is 0. The highest BCUT2D eigenvalue weighted by Gasteiger charge is 2.12. The predicted molar refractivity (Wildman–Crippen MR) is 96.5 cm³/mol. The summed E-state index contributed by atoms with van der Waals surface area (Å²) >= 11 is 0. The topological polar surface area (TPSA) is 103 Å². The summed E-state index contributed by atoms with van der Waals surface area (Å²) in [5, 5.41) is 9.30. The van der Waals surface area contributed by atoms with Crippen molar-refractivity contribution in [1.82, 2.24) is 29.7 Å². The van der Waals surface area contributed by atoms with Crippen LogP contribution in [0.3, 0.4) is 0 Å². The van der Waals surface area contributed by atoms with Gasteiger partial charge in [-0.3, -0.25) is 10.4 Å². The first kappa shape index (κ1) is 15.6. The molecule has 0 amide bonds. The SMILES string of the molecule is COc1cccc(-n2ncc3c(N/N=C/c4ccncc4)ncnc32)n1. The number of nitrogens with zero attached hydrogens (tertiary/aromatic N) is 7. The van der Waals surface area contributed by atoms with Crippen molar-refractivity contribution in [3.05, 3.63) is 60.8 Å². The molecule has 0 atom stereocenters. The van der Waals surface area contributed by atoms with Crippen LogP contribution in [0.15, 0.2) is 60.4 Å². The van der Waals surface area contributed by atoms with Crippen LogP contribution >= 0.6 is 0 Å². The maximum absolute atomic E-state index is 5.16. The second-order valence-corrected chi connectivity index (χ2v) is 5.20. The summed E-state index contributed by atoms with van der Waals surface area (Å²) in [7, 11) is 1.57. The molecule has 4 heterocycles. The van der Waals surface area contributed by atoms with Crippen molar-refractivity contribution in [3.63, 3.8) is 0 Å². The van der Waals surface area contributed by atoms with Crippen molar-refractivity contribution in [3.8, 4) is 11.7 Å². The summed E-state index contributed by atoms with van der Waals surface area (Å²) in [5.41, 5.74) is 4.46. The Kier molecular flexibility index (Phi) is 4.17. The number of aromatic nitrogens is 6. The molecule has 0 aliphatic heterocycles. The van der Waals surface area contributed by atoms with Crippen molar-refractivity contribution in [2.45, 2.75) is 0 Å². The van der Waals surface area contributed by atoms with Gasteiger partial charge in [0.25, 0.3) is 0 Å². The summed E-state index contributed by atoms with van der Waals surface area (Å²) in [5.74, 6) is 1.65. The van der Waals surface area contributed by atoms with Crippen LogP contribution in [0.25, 0.3) is 16.9 Å². The van der Waals surface area contributed by atoms with Gasteiger partial charge in [0.15, 0.2) is 17.3 Å². The molecule has 128 valence electrons. The van der Waals surface area contributed by atoms with E-state index in [-0.39, 0.29) is 0 Å². The van der Waals surface area contributed by atoms with E-state index < -0.39 is 0 Å². The molecule has 0 bridgehead atoms. The third-order valence-electron chi connectivity index (χ3n) is 3.59. The molecule has 1 N–H and O–H groups in total. The van der Waals surface area contributed by atoms with Crippen LogP contribution in [0.5, 0.6) is 5.88 Å². The van der Waals surface area contributed by atoms with Gasteiger partial charge < -0.3 is 4.74 Å². The molecule has 4 aromatic heterocycles. The third kappa shape index (κ3) is 3.05. The lowest BCUT2D eigenvalue weighted by molar-refractivity contribution is 0.397. The second kappa shape index (κ2) is 6.93. The number of hydrogen-bond acceptors (Lipinski definition) is 8. The Morgan fingerprint density at radius 1 is 1.15 bits per heavy atom. The smallest absolute Gasteiger partial charge is 0.214 e. The minimum absolute atomic E-state index is 0.500. The number of anilines is 1. The van der Waals surface area contributed by atoms with Gasteiger partial charge in [0.1, 0.15) is 6.33 Å². The lowest BCUT2D eigenvalue weighted by atomic mass is 10.3. The zero-order valence-corrected chi connectivity index (χ0v) is 13.8. The molecule has 0 spiro atoms. The van der Waals surface area contributed by atoms with Crippen molar-refractivity contribution in [2.75, 3.05) is 12.5 Å². The average Bonchev–Trinajstić information content (AvgIpc) is 3.14. The number of methoxy groups -OCH3 is 1. The zero-order valence-electron chi connectivity index (χ0n) is 13.8. The molecule has 0 saturated carbocycles. The Balaban J connectivity index is 1.66. The summed E-state index contributed by atoms with van der Waals surface area (Å²) in [6, 6.07) is 9.14. The standard InChI is InChI=1S/C17H14N8O/c1-26-15-4-2-3-14(23-15)25-17-13(10-22-25)16(19-11-20-17)24-21-9-12-5-7-18-8-6-12/h2-11H,1H3,(H,19,20,24)/b21-9+. The van der Waals surface area contributed by atoms with Crippen LogP contribution in [0.4, 0.5) is 5.82 Å². The maximum Gasteiger partial charge on any atom is 0.214 e. The Labute approximate surface area is 148 Å². The molecule has 0 unspecified atom stereocenters. The van der Waals surface area contributed by atoms with Gasteiger partial charge in [0, 0.05) is 18.5 Å². The van der Waals surface area contributed by atoms with Gasteiger partial charge >= 0.3 is 0 Å². The molecule has 0 aliphatic carbocycles. The van der Waals surface area contributed by atoms with Crippen molar-refractivity contribution in [1.29, 1.82) is 0 Å². The number of pyridine rings is 2. The molecule has 0 saturated heterocycles. The van der Waals surface area contributed by atoms with E-state index in [1.165, 1.54) is 6.33 Å². The molecule has 0 aliphatic rings. The normalized spacial score (nSPS) is 11.1. The van der Waals surface area contributed by atoms with Crippen molar-refractivity contribution >= 4 is 23.1 Å². The number of ether oxygens (including phenoxy) is 1. The first-order chi connectivity index (χ1) is 12.8. The van der Waals surface area contributed by atoms with Crippen LogP contribution in [0.2, 0.25) is 0 Å². The van der Waals surface area contributed by atoms with Gasteiger partial charge in [-0.15, -0.1) is 0 Å². The van der Waals surface area contributed by atoms with Crippen LogP contribution in [0, 0.1) is 0 Å². The van der Waals surface area contributed by atoms with E-state index in [4.69, 9.17) is 4.74 Å². The fourth-order valence-corrected chi connectivity index (χ4v) is 2.35. The highest BCUT2D eigenvalue weighted by Crippen LogP contribution is 2.21. The molecular weight excluding hydrogens is 332 g/mol. The molecule has 9 nitrogen and oxygen atoms in total. The summed E-state index contributed by atoms with van der Waals surface area (Å²) in [4.78, 5) is 16.9. The van der Waals surface area contributed by atoms with E-state index in [1.54, 1.807) is 42.7 Å². The van der Waals surface area contributed by atoms with Crippen LogP contribution in [0.1, 0.15) is 5.56 Å². The molecular formula is C17H14N8O. The van der Waals surface area contributed by atoms with Crippen LogP contribution in [-0.4, -0.2) is 43.0 Å². The van der Waals surface area contributed by atoms with Crippen molar-refractivity contribution < 1.29 is 4.74 Å². The summed E-state index contributed by atoms with van der Waals surface area (Å²) < 4.78 is 6.79. The predicted octanol–water partition coefficient (Wildman–Crippen LogP) is 2.06. The van der Waals surface area contributed by atoms with Crippen LogP contribution < -0.4 is 10.2 Å². The number of hydrazone groups is 1. The van der Waals surface area contributed by atoms with Gasteiger partial charge in [-0.05, 0) is 23.8 Å². The van der Waals surface area contributed by atoms with E-state index in [0.717, 1.165) is 10.9 Å². The van der Waals surface area contributed by atoms with Crippen LogP contribution in [-0.2, 0) is 0 Å². The Morgan fingerprint density at radius 2 is 2.04 bits per heavy atom. The van der Waals surface area contributed by atoms with E-state index in [1.807, 2.05) is 24.3 Å². The third-order valence-corrected chi connectivity index (χ3v) is 3.59. The molecule has 9 heteroatoms. The highest BCUT2D eigenvalue weighted by molar-refractivity contribution is 5.87. The lowest BCUT2D eigenvalue weighted by Crippen LogP contribution is -2.02. The first-order valence-corrected chi connectivity index (χ1v) is 7.74. The molecule has 4 aromatic rings. The highest BCUT2D eigenvalue weighted by atomic mass is 16.5. The maximum atomic E-state index is 5.16. The summed E-state index contributed by atoms with van der Waals surface area (Å²) in [6.07, 6.45) is 8.21. The second-order valence-electron chi connectivity index (χ2n) is 5.20. The van der Waals surface area contributed by atoms with Gasteiger partial charge in [0.05, 0.1) is 24.9 Å². The molecule has 0 fully saturated rings. The van der Waals surface area contributed by atoms with E-state index in [0.29, 0.717) is 23.2 Å². The fraction of sp³-hybridized carbons (Fsp3) is 0.0588. The minimum atomic E-state index is 0.500. The van der Waals surface area contributed by atoms with Crippen molar-refractivity contribution in [2.24, 2.45) is 5.10 Å². The fourth-order valence-electron chi connectivity index (χ4n) is 2.35. The molecule has 0 aromatic carbocycles. The molecule has 4 rings (SSSR count).